The van der Waals surface area contributed by atoms with Gasteiger partial charge in [0.15, 0.2) is 0 Å². The summed E-state index contributed by atoms with van der Waals surface area (Å²) in [7, 11) is -3.85. The Morgan fingerprint density at radius 2 is 1.26 bits per heavy atom. The van der Waals surface area contributed by atoms with E-state index in [1.54, 1.807) is 55.5 Å². The molecule has 0 bridgehead atoms. The second-order valence-electron chi connectivity index (χ2n) is 8.23. The summed E-state index contributed by atoms with van der Waals surface area (Å²) in [5.74, 6) is 0. The third-order valence-electron chi connectivity index (χ3n) is 6.17. The maximum Gasteiger partial charge on any atom is 0.207 e. The molecule has 0 saturated heterocycles. The Labute approximate surface area is 198 Å². The molecule has 1 aliphatic heterocycles. The van der Waals surface area contributed by atoms with Crippen molar-refractivity contribution in [2.45, 2.75) is 23.4 Å². The lowest BCUT2D eigenvalue weighted by Gasteiger charge is -2.25. The zero-order valence-corrected chi connectivity index (χ0v) is 19.2. The number of hydrogen-bond donors (Lipinski definition) is 0. The molecule has 4 aromatic rings. The van der Waals surface area contributed by atoms with Crippen LogP contribution in [0.5, 0.6) is 0 Å². The van der Waals surface area contributed by atoms with Gasteiger partial charge < -0.3 is 0 Å². The lowest BCUT2D eigenvalue weighted by molar-refractivity contribution is 0.485. The first-order valence-corrected chi connectivity index (χ1v) is 12.3. The van der Waals surface area contributed by atoms with Crippen molar-refractivity contribution in [2.75, 3.05) is 0 Å². The third-order valence-corrected chi connectivity index (χ3v) is 8.01. The van der Waals surface area contributed by atoms with Crippen molar-refractivity contribution >= 4 is 15.4 Å². The average molecular weight is 466 g/mol. The highest BCUT2D eigenvalue weighted by Gasteiger charge is 2.34. The molecule has 166 valence electrons. The van der Waals surface area contributed by atoms with Gasteiger partial charge in [-0.05, 0) is 46.9 Å². The zero-order chi connectivity index (χ0) is 23.9. The normalized spacial score (nSPS) is 15.1. The molecule has 1 aliphatic rings. The highest BCUT2D eigenvalue weighted by atomic mass is 32.2. The summed E-state index contributed by atoms with van der Waals surface area (Å²) in [5.41, 5.74) is 5.90. The molecule has 5 heteroatoms. The standard InChI is InChI=1S/C29H20FNO2S/c1-19(18-31)29-25-13-11-23(21-5-3-2-4-6-21)15-27(25)34(32,33)28-16-24(12-14-26(28)29)22-9-7-20(17-30)8-10-22/h2-16H,17H2,1H3/b29-19-. The Balaban J connectivity index is 1.75. The number of nitriles is 1. The van der Waals surface area contributed by atoms with Crippen LogP contribution in [0.4, 0.5) is 4.39 Å². The Morgan fingerprint density at radius 1 is 0.765 bits per heavy atom. The first kappa shape index (κ1) is 21.8. The van der Waals surface area contributed by atoms with E-state index in [1.165, 1.54) is 0 Å². The minimum atomic E-state index is -3.85. The van der Waals surface area contributed by atoms with Crippen LogP contribution in [-0.2, 0) is 16.5 Å². The fourth-order valence-electron chi connectivity index (χ4n) is 4.40. The van der Waals surface area contributed by atoms with Gasteiger partial charge in [0.2, 0.25) is 9.84 Å². The van der Waals surface area contributed by atoms with E-state index < -0.39 is 16.5 Å². The van der Waals surface area contributed by atoms with Gasteiger partial charge in [0.05, 0.1) is 15.9 Å². The molecule has 0 spiro atoms. The van der Waals surface area contributed by atoms with Crippen molar-refractivity contribution in [3.8, 4) is 28.3 Å². The van der Waals surface area contributed by atoms with Crippen molar-refractivity contribution in [3.05, 3.63) is 113 Å². The molecule has 34 heavy (non-hydrogen) atoms. The predicted molar refractivity (Wildman–Crippen MR) is 131 cm³/mol. The van der Waals surface area contributed by atoms with Crippen molar-refractivity contribution < 1.29 is 12.8 Å². The quantitative estimate of drug-likeness (QED) is 0.270. The number of allylic oxidation sites excluding steroid dienone is 1. The second-order valence-corrected chi connectivity index (χ2v) is 10.1. The first-order valence-electron chi connectivity index (χ1n) is 10.8. The number of nitrogens with zero attached hydrogens (tertiary/aromatic N) is 1. The van der Waals surface area contributed by atoms with Crippen molar-refractivity contribution in [3.63, 3.8) is 0 Å². The number of sulfone groups is 1. The van der Waals surface area contributed by atoms with Crippen LogP contribution >= 0.6 is 0 Å². The summed E-state index contributed by atoms with van der Waals surface area (Å²) in [6.07, 6.45) is 0. The Kier molecular flexibility index (Phi) is 5.39. The van der Waals surface area contributed by atoms with Crippen LogP contribution in [0.1, 0.15) is 23.6 Å². The molecule has 0 aromatic heterocycles. The van der Waals surface area contributed by atoms with Crippen LogP contribution < -0.4 is 0 Å². The van der Waals surface area contributed by atoms with Crippen LogP contribution in [0.2, 0.25) is 0 Å². The average Bonchev–Trinajstić information content (AvgIpc) is 2.89. The topological polar surface area (TPSA) is 57.9 Å². The van der Waals surface area contributed by atoms with E-state index in [2.05, 4.69) is 6.07 Å². The molecular formula is C29H20FNO2S. The van der Waals surface area contributed by atoms with Gasteiger partial charge >= 0.3 is 0 Å². The summed E-state index contributed by atoms with van der Waals surface area (Å²) in [6.45, 7) is 1.15. The summed E-state index contributed by atoms with van der Waals surface area (Å²) in [4.78, 5) is 0.359. The van der Waals surface area contributed by atoms with Crippen LogP contribution in [0.15, 0.2) is 106 Å². The van der Waals surface area contributed by atoms with Crippen LogP contribution in [0.25, 0.3) is 27.8 Å². The number of halogens is 1. The van der Waals surface area contributed by atoms with E-state index in [4.69, 9.17) is 0 Å². The first-order chi connectivity index (χ1) is 16.4. The smallest absolute Gasteiger partial charge is 0.207 e. The number of benzene rings is 4. The van der Waals surface area contributed by atoms with Gasteiger partial charge in [-0.1, -0.05) is 78.9 Å². The Bertz CT molecular complexity index is 1600. The van der Waals surface area contributed by atoms with Gasteiger partial charge in [-0.2, -0.15) is 5.26 Å². The molecule has 0 amide bonds. The summed E-state index contributed by atoms with van der Waals surface area (Å²) >= 11 is 0. The van der Waals surface area contributed by atoms with Crippen LogP contribution in [0.3, 0.4) is 0 Å². The van der Waals surface area contributed by atoms with E-state index in [0.717, 1.165) is 16.7 Å². The third kappa shape index (κ3) is 3.53. The van der Waals surface area contributed by atoms with E-state index in [9.17, 15) is 18.1 Å². The van der Waals surface area contributed by atoms with Gasteiger partial charge in [-0.25, -0.2) is 12.8 Å². The SMILES string of the molecule is C/C(C#N)=C1\c2ccc(-c3ccccc3)cc2S(=O)(=O)c2cc(-c3ccc(CF)cc3)ccc21. The van der Waals surface area contributed by atoms with Gasteiger partial charge in [-0.15, -0.1) is 0 Å². The van der Waals surface area contributed by atoms with E-state index in [1.807, 2.05) is 42.5 Å². The largest absolute Gasteiger partial charge is 0.246 e. The summed E-state index contributed by atoms with van der Waals surface area (Å²) in [5, 5.41) is 9.69. The zero-order valence-electron chi connectivity index (χ0n) is 18.4. The molecule has 4 aromatic carbocycles. The molecule has 5 rings (SSSR count). The predicted octanol–water partition coefficient (Wildman–Crippen LogP) is 6.98. The minimum Gasteiger partial charge on any atom is -0.246 e. The van der Waals surface area contributed by atoms with Crippen molar-refractivity contribution in [1.29, 1.82) is 5.26 Å². The lowest BCUT2D eigenvalue weighted by atomic mass is 9.90. The fourth-order valence-corrected chi connectivity index (χ4v) is 6.12. The maximum absolute atomic E-state index is 13.9. The Morgan fingerprint density at radius 3 is 1.76 bits per heavy atom. The molecule has 0 unspecified atom stereocenters. The molecule has 1 heterocycles. The highest BCUT2D eigenvalue weighted by Crippen LogP contribution is 2.45. The monoisotopic (exact) mass is 465 g/mol. The summed E-state index contributed by atoms with van der Waals surface area (Å²) < 4.78 is 40.7. The van der Waals surface area contributed by atoms with Gasteiger partial charge in [0.25, 0.3) is 0 Å². The number of alkyl halides is 1. The van der Waals surface area contributed by atoms with E-state index in [-0.39, 0.29) is 9.79 Å². The second kappa shape index (κ2) is 8.40. The van der Waals surface area contributed by atoms with Crippen LogP contribution in [0, 0.1) is 11.3 Å². The van der Waals surface area contributed by atoms with Gasteiger partial charge in [0, 0.05) is 22.3 Å². The maximum atomic E-state index is 13.9. The van der Waals surface area contributed by atoms with E-state index >= 15 is 0 Å². The molecule has 0 atom stereocenters. The molecule has 0 radical (unpaired) electrons. The number of fused-ring (bicyclic) bond motifs is 2. The highest BCUT2D eigenvalue weighted by molar-refractivity contribution is 7.91. The number of rotatable bonds is 3. The van der Waals surface area contributed by atoms with E-state index in [0.29, 0.717) is 33.4 Å². The molecule has 3 nitrogen and oxygen atoms in total. The molecule has 0 aliphatic carbocycles. The van der Waals surface area contributed by atoms with Crippen molar-refractivity contribution in [1.82, 2.24) is 0 Å². The number of hydrogen-bond acceptors (Lipinski definition) is 3. The van der Waals surface area contributed by atoms with Crippen molar-refractivity contribution in [2.24, 2.45) is 0 Å². The van der Waals surface area contributed by atoms with Crippen LogP contribution in [-0.4, -0.2) is 8.42 Å². The summed E-state index contributed by atoms with van der Waals surface area (Å²) in [6, 6.07) is 29.4. The lowest BCUT2D eigenvalue weighted by Crippen LogP contribution is -2.15. The van der Waals surface area contributed by atoms with Gasteiger partial charge in [0.1, 0.15) is 6.67 Å². The molecule has 0 saturated carbocycles. The van der Waals surface area contributed by atoms with Gasteiger partial charge in [-0.3, -0.25) is 0 Å². The molecule has 0 fully saturated rings. The molecular weight excluding hydrogens is 445 g/mol. The molecule has 0 N–H and O–H groups in total. The fraction of sp³-hybridized carbons (Fsp3) is 0.0690. The Hall–Kier alpha value is -4.01. The minimum absolute atomic E-state index is 0.168.